The largest absolute Gasteiger partial charge is 0.378 e. The maximum absolute atomic E-state index is 6.27. The highest BCUT2D eigenvalue weighted by molar-refractivity contribution is 5.49. The molecule has 0 amide bonds. The minimum atomic E-state index is -0.0592. The quantitative estimate of drug-likeness (QED) is 0.872. The van der Waals surface area contributed by atoms with E-state index in [1.54, 1.807) is 0 Å². The van der Waals surface area contributed by atoms with Crippen molar-refractivity contribution in [2.75, 3.05) is 19.0 Å². The molecule has 2 aromatic rings. The van der Waals surface area contributed by atoms with Crippen molar-refractivity contribution in [3.05, 3.63) is 65.7 Å². The van der Waals surface area contributed by atoms with E-state index in [-0.39, 0.29) is 6.04 Å². The second-order valence-corrected chi connectivity index (χ2v) is 4.38. The average molecular weight is 226 g/mol. The molecule has 88 valence electrons. The summed E-state index contributed by atoms with van der Waals surface area (Å²) in [6, 6.07) is 18.5. The van der Waals surface area contributed by atoms with Crippen LogP contribution in [0, 0.1) is 0 Å². The molecule has 2 N–H and O–H groups in total. The first-order chi connectivity index (χ1) is 8.18. The van der Waals surface area contributed by atoms with E-state index in [4.69, 9.17) is 5.73 Å². The zero-order chi connectivity index (χ0) is 12.3. The monoisotopic (exact) mass is 226 g/mol. The summed E-state index contributed by atoms with van der Waals surface area (Å²) in [5.41, 5.74) is 9.72. The lowest BCUT2D eigenvalue weighted by atomic mass is 9.99. The van der Waals surface area contributed by atoms with Crippen molar-refractivity contribution >= 4 is 5.69 Å². The third-order valence-corrected chi connectivity index (χ3v) is 2.90. The number of nitrogens with two attached hydrogens (primary N) is 1. The number of nitrogens with zero attached hydrogens (tertiary/aromatic N) is 1. The van der Waals surface area contributed by atoms with Gasteiger partial charge in [0.05, 0.1) is 6.04 Å². The van der Waals surface area contributed by atoms with Crippen molar-refractivity contribution in [2.24, 2.45) is 5.73 Å². The van der Waals surface area contributed by atoms with E-state index in [1.165, 1.54) is 5.69 Å². The van der Waals surface area contributed by atoms with Crippen LogP contribution in [0.1, 0.15) is 17.2 Å². The Balaban J connectivity index is 2.31. The molecule has 1 atom stereocenters. The lowest BCUT2D eigenvalue weighted by Crippen LogP contribution is -2.13. The predicted octanol–water partition coefficient (Wildman–Crippen LogP) is 2.80. The van der Waals surface area contributed by atoms with Crippen LogP contribution in [-0.2, 0) is 0 Å². The molecule has 0 aliphatic heterocycles. The molecule has 0 saturated heterocycles. The van der Waals surface area contributed by atoms with E-state index >= 15 is 0 Å². The summed E-state index contributed by atoms with van der Waals surface area (Å²) in [7, 11) is 4.07. The van der Waals surface area contributed by atoms with Gasteiger partial charge in [-0.1, -0.05) is 42.5 Å². The van der Waals surface area contributed by atoms with Gasteiger partial charge in [0.1, 0.15) is 0 Å². The van der Waals surface area contributed by atoms with E-state index < -0.39 is 0 Å². The topological polar surface area (TPSA) is 29.3 Å². The van der Waals surface area contributed by atoms with Gasteiger partial charge in [-0.05, 0) is 23.3 Å². The Morgan fingerprint density at radius 1 is 0.882 bits per heavy atom. The van der Waals surface area contributed by atoms with Crippen LogP contribution in [0.4, 0.5) is 5.69 Å². The molecule has 0 aromatic heterocycles. The minimum absolute atomic E-state index is 0.0592. The predicted molar refractivity (Wildman–Crippen MR) is 73.2 cm³/mol. The highest BCUT2D eigenvalue weighted by Crippen LogP contribution is 2.22. The minimum Gasteiger partial charge on any atom is -0.378 e. The number of rotatable bonds is 3. The SMILES string of the molecule is CN(C)c1cccc(C(N)c2ccccc2)c1. The molecule has 0 spiro atoms. The van der Waals surface area contributed by atoms with Crippen molar-refractivity contribution in [1.82, 2.24) is 0 Å². The highest BCUT2D eigenvalue weighted by Gasteiger charge is 2.08. The first kappa shape index (κ1) is 11.7. The first-order valence-electron chi connectivity index (χ1n) is 5.76. The van der Waals surface area contributed by atoms with Crippen LogP contribution in [0.3, 0.4) is 0 Å². The fraction of sp³-hybridized carbons (Fsp3) is 0.200. The summed E-state index contributed by atoms with van der Waals surface area (Å²) in [4.78, 5) is 2.08. The van der Waals surface area contributed by atoms with Crippen molar-refractivity contribution in [2.45, 2.75) is 6.04 Å². The summed E-state index contributed by atoms with van der Waals surface area (Å²) < 4.78 is 0. The maximum Gasteiger partial charge on any atom is 0.0552 e. The number of hydrogen-bond acceptors (Lipinski definition) is 2. The molecule has 0 heterocycles. The van der Waals surface area contributed by atoms with Gasteiger partial charge in [0.25, 0.3) is 0 Å². The lowest BCUT2D eigenvalue weighted by Gasteiger charge is -2.17. The van der Waals surface area contributed by atoms with Crippen LogP contribution in [0.2, 0.25) is 0 Å². The third kappa shape index (κ3) is 2.66. The Kier molecular flexibility index (Phi) is 3.45. The van der Waals surface area contributed by atoms with Gasteiger partial charge in [-0.15, -0.1) is 0 Å². The van der Waals surface area contributed by atoms with Crippen molar-refractivity contribution in [1.29, 1.82) is 0 Å². The number of benzene rings is 2. The normalized spacial score (nSPS) is 12.2. The Morgan fingerprint density at radius 2 is 1.53 bits per heavy atom. The van der Waals surface area contributed by atoms with Crippen molar-refractivity contribution < 1.29 is 0 Å². The summed E-state index contributed by atoms with van der Waals surface area (Å²) in [5, 5.41) is 0. The number of anilines is 1. The molecule has 0 bridgehead atoms. The van der Waals surface area contributed by atoms with Crippen LogP contribution in [0.5, 0.6) is 0 Å². The van der Waals surface area contributed by atoms with Gasteiger partial charge in [-0.2, -0.15) is 0 Å². The van der Waals surface area contributed by atoms with Gasteiger partial charge in [0.15, 0.2) is 0 Å². The molecule has 2 rings (SSSR count). The Hall–Kier alpha value is -1.80. The Morgan fingerprint density at radius 3 is 2.18 bits per heavy atom. The smallest absolute Gasteiger partial charge is 0.0552 e. The lowest BCUT2D eigenvalue weighted by molar-refractivity contribution is 0.870. The molecular formula is C15H18N2. The Bertz CT molecular complexity index is 477. The van der Waals surface area contributed by atoms with Crippen LogP contribution < -0.4 is 10.6 Å². The fourth-order valence-corrected chi connectivity index (χ4v) is 1.85. The molecule has 0 fully saturated rings. The highest BCUT2D eigenvalue weighted by atomic mass is 15.1. The van der Waals surface area contributed by atoms with E-state index in [0.717, 1.165) is 11.1 Å². The Labute approximate surface area is 103 Å². The van der Waals surface area contributed by atoms with E-state index in [2.05, 4.69) is 35.2 Å². The van der Waals surface area contributed by atoms with E-state index in [9.17, 15) is 0 Å². The molecule has 0 aliphatic rings. The second kappa shape index (κ2) is 5.02. The average Bonchev–Trinajstić information content (AvgIpc) is 2.39. The zero-order valence-corrected chi connectivity index (χ0v) is 10.3. The van der Waals surface area contributed by atoms with Gasteiger partial charge in [0, 0.05) is 19.8 Å². The second-order valence-electron chi connectivity index (χ2n) is 4.38. The summed E-state index contributed by atoms with van der Waals surface area (Å²) >= 11 is 0. The molecule has 1 unspecified atom stereocenters. The maximum atomic E-state index is 6.27. The molecule has 0 aliphatic carbocycles. The van der Waals surface area contributed by atoms with Crippen molar-refractivity contribution in [3.8, 4) is 0 Å². The van der Waals surface area contributed by atoms with E-state index in [0.29, 0.717) is 0 Å². The van der Waals surface area contributed by atoms with Crippen LogP contribution in [-0.4, -0.2) is 14.1 Å². The standard InChI is InChI=1S/C15H18N2/c1-17(2)14-10-6-9-13(11-14)15(16)12-7-4-3-5-8-12/h3-11,15H,16H2,1-2H3. The van der Waals surface area contributed by atoms with Crippen molar-refractivity contribution in [3.63, 3.8) is 0 Å². The van der Waals surface area contributed by atoms with Crippen LogP contribution in [0.25, 0.3) is 0 Å². The van der Waals surface area contributed by atoms with Gasteiger partial charge in [0.2, 0.25) is 0 Å². The van der Waals surface area contributed by atoms with Gasteiger partial charge >= 0.3 is 0 Å². The summed E-state index contributed by atoms with van der Waals surface area (Å²) in [6.07, 6.45) is 0. The van der Waals surface area contributed by atoms with Gasteiger partial charge in [-0.25, -0.2) is 0 Å². The molecular weight excluding hydrogens is 208 g/mol. The fourth-order valence-electron chi connectivity index (χ4n) is 1.85. The number of hydrogen-bond donors (Lipinski definition) is 1. The summed E-state index contributed by atoms with van der Waals surface area (Å²) in [5.74, 6) is 0. The molecule has 0 saturated carbocycles. The third-order valence-electron chi connectivity index (χ3n) is 2.90. The molecule has 17 heavy (non-hydrogen) atoms. The van der Waals surface area contributed by atoms with Crippen LogP contribution >= 0.6 is 0 Å². The van der Waals surface area contributed by atoms with E-state index in [1.807, 2.05) is 38.4 Å². The van der Waals surface area contributed by atoms with Gasteiger partial charge in [-0.3, -0.25) is 0 Å². The summed E-state index contributed by atoms with van der Waals surface area (Å²) in [6.45, 7) is 0. The molecule has 2 aromatic carbocycles. The zero-order valence-electron chi connectivity index (χ0n) is 10.3. The molecule has 2 heteroatoms. The van der Waals surface area contributed by atoms with Crippen LogP contribution in [0.15, 0.2) is 54.6 Å². The molecule has 2 nitrogen and oxygen atoms in total. The first-order valence-corrected chi connectivity index (χ1v) is 5.76. The molecule has 0 radical (unpaired) electrons. The van der Waals surface area contributed by atoms with Gasteiger partial charge < -0.3 is 10.6 Å².